The van der Waals surface area contributed by atoms with Crippen LogP contribution in [-0.2, 0) is 4.79 Å². The predicted molar refractivity (Wildman–Crippen MR) is 82.8 cm³/mol. The van der Waals surface area contributed by atoms with Crippen LogP contribution in [0.1, 0.15) is 34.3 Å². The van der Waals surface area contributed by atoms with Crippen molar-refractivity contribution in [3.63, 3.8) is 0 Å². The van der Waals surface area contributed by atoms with Gasteiger partial charge in [0.05, 0.1) is 0 Å². The van der Waals surface area contributed by atoms with Crippen LogP contribution in [-0.4, -0.2) is 35.4 Å². The van der Waals surface area contributed by atoms with E-state index in [0.717, 1.165) is 12.1 Å². The second-order valence-electron chi connectivity index (χ2n) is 5.68. The van der Waals surface area contributed by atoms with E-state index < -0.39 is 11.6 Å². The first-order valence-electron chi connectivity index (χ1n) is 7.44. The molecule has 0 spiro atoms. The molecule has 1 aromatic carbocycles. The molecule has 126 valence electrons. The Morgan fingerprint density at radius 1 is 1.38 bits per heavy atom. The number of benzene rings is 1. The van der Waals surface area contributed by atoms with Gasteiger partial charge in [0.1, 0.15) is 11.5 Å². The Labute approximate surface area is 136 Å². The molecule has 1 aromatic heterocycles. The molecule has 0 bridgehead atoms. The summed E-state index contributed by atoms with van der Waals surface area (Å²) in [5, 5.41) is 2.50. The second kappa shape index (κ2) is 6.03. The van der Waals surface area contributed by atoms with Gasteiger partial charge in [-0.3, -0.25) is 9.59 Å². The van der Waals surface area contributed by atoms with Gasteiger partial charge in [0.2, 0.25) is 5.91 Å². The van der Waals surface area contributed by atoms with Gasteiger partial charge in [0.15, 0.2) is 11.6 Å². The zero-order valence-corrected chi connectivity index (χ0v) is 13.2. The first-order chi connectivity index (χ1) is 11.4. The Balaban J connectivity index is 1.84. The highest BCUT2D eigenvalue weighted by atomic mass is 19.2. The van der Waals surface area contributed by atoms with Crippen molar-refractivity contribution in [1.82, 2.24) is 15.3 Å². The zero-order valence-electron chi connectivity index (χ0n) is 13.2. The molecule has 3 rings (SSSR count). The van der Waals surface area contributed by atoms with Crippen LogP contribution >= 0.6 is 0 Å². The number of hydrogen-bond donors (Lipinski definition) is 2. The van der Waals surface area contributed by atoms with Crippen LogP contribution < -0.4 is 10.2 Å². The summed E-state index contributed by atoms with van der Waals surface area (Å²) < 4.78 is 26.4. The van der Waals surface area contributed by atoms with Crippen LogP contribution in [0.4, 0.5) is 14.5 Å². The molecule has 0 saturated carbocycles. The van der Waals surface area contributed by atoms with Crippen LogP contribution in [0.15, 0.2) is 18.2 Å². The van der Waals surface area contributed by atoms with Crippen molar-refractivity contribution in [2.45, 2.75) is 19.3 Å². The molecule has 6 nitrogen and oxygen atoms in total. The number of aryl methyl sites for hydroxylation is 1. The van der Waals surface area contributed by atoms with Crippen molar-refractivity contribution in [3.05, 3.63) is 47.0 Å². The number of nitrogens with zero attached hydrogens (tertiary/aromatic N) is 2. The van der Waals surface area contributed by atoms with Crippen LogP contribution in [0, 0.1) is 18.6 Å². The van der Waals surface area contributed by atoms with Crippen molar-refractivity contribution in [2.75, 3.05) is 18.5 Å². The molecule has 2 heterocycles. The van der Waals surface area contributed by atoms with Gasteiger partial charge in [-0.05, 0) is 19.1 Å². The number of hydrogen-bond acceptors (Lipinski definition) is 3. The van der Waals surface area contributed by atoms with Gasteiger partial charge in [-0.1, -0.05) is 0 Å². The number of amides is 2. The zero-order chi connectivity index (χ0) is 17.4. The van der Waals surface area contributed by atoms with Crippen LogP contribution in [0.2, 0.25) is 0 Å². The summed E-state index contributed by atoms with van der Waals surface area (Å²) in [4.78, 5) is 32.7. The van der Waals surface area contributed by atoms with E-state index in [1.165, 1.54) is 18.0 Å². The summed E-state index contributed by atoms with van der Waals surface area (Å²) in [7, 11) is 1.51. The maximum atomic E-state index is 13.4. The Bertz CT molecular complexity index is 818. The number of aromatic amines is 1. The van der Waals surface area contributed by atoms with E-state index in [-0.39, 0.29) is 36.4 Å². The summed E-state index contributed by atoms with van der Waals surface area (Å²) in [6.07, 6.45) is 0.180. The molecule has 1 saturated heterocycles. The van der Waals surface area contributed by atoms with E-state index in [9.17, 15) is 18.4 Å². The Morgan fingerprint density at radius 2 is 2.12 bits per heavy atom. The van der Waals surface area contributed by atoms with Crippen LogP contribution in [0.25, 0.3) is 0 Å². The van der Waals surface area contributed by atoms with Gasteiger partial charge >= 0.3 is 0 Å². The number of imidazole rings is 1. The number of carbonyl (C=O) groups excluding carboxylic acids is 2. The number of nitrogens with one attached hydrogen (secondary N) is 2. The smallest absolute Gasteiger partial charge is 0.271 e. The minimum Gasteiger partial charge on any atom is -0.354 e. The third kappa shape index (κ3) is 2.75. The lowest BCUT2D eigenvalue weighted by Crippen LogP contribution is -2.24. The lowest BCUT2D eigenvalue weighted by molar-refractivity contribution is -0.117. The molecule has 2 aromatic rings. The van der Waals surface area contributed by atoms with E-state index in [1.54, 1.807) is 6.92 Å². The Morgan fingerprint density at radius 3 is 2.79 bits per heavy atom. The summed E-state index contributed by atoms with van der Waals surface area (Å²) in [5.41, 5.74) is 1.20. The van der Waals surface area contributed by atoms with E-state index in [1.807, 2.05) is 0 Å². The molecular weight excluding hydrogens is 318 g/mol. The van der Waals surface area contributed by atoms with Crippen molar-refractivity contribution >= 4 is 17.5 Å². The molecule has 8 heteroatoms. The largest absolute Gasteiger partial charge is 0.354 e. The lowest BCUT2D eigenvalue weighted by Gasteiger charge is -2.16. The summed E-state index contributed by atoms with van der Waals surface area (Å²) in [6.45, 7) is 2.01. The van der Waals surface area contributed by atoms with Gasteiger partial charge in [-0.25, -0.2) is 13.8 Å². The van der Waals surface area contributed by atoms with Crippen LogP contribution in [0.3, 0.4) is 0 Å². The van der Waals surface area contributed by atoms with Crippen molar-refractivity contribution in [3.8, 4) is 0 Å². The van der Waals surface area contributed by atoms with E-state index >= 15 is 0 Å². The van der Waals surface area contributed by atoms with Crippen molar-refractivity contribution in [2.24, 2.45) is 0 Å². The number of aromatic nitrogens is 2. The third-order valence-corrected chi connectivity index (χ3v) is 4.07. The van der Waals surface area contributed by atoms with Gasteiger partial charge in [-0.15, -0.1) is 0 Å². The third-order valence-electron chi connectivity index (χ3n) is 4.07. The highest BCUT2D eigenvalue weighted by molar-refractivity contribution is 5.96. The molecule has 0 aliphatic carbocycles. The molecule has 2 N–H and O–H groups in total. The number of halogens is 2. The SMILES string of the molecule is CNC(=O)c1nc(C2CC(=O)N(c3ccc(F)c(F)c3)C2)[nH]c1C. The highest BCUT2D eigenvalue weighted by Gasteiger charge is 2.34. The molecule has 24 heavy (non-hydrogen) atoms. The number of H-pyrrole nitrogens is 1. The molecule has 0 radical (unpaired) electrons. The van der Waals surface area contributed by atoms with E-state index in [4.69, 9.17) is 0 Å². The maximum absolute atomic E-state index is 13.4. The normalized spacial score (nSPS) is 17.4. The average Bonchev–Trinajstić information content (AvgIpc) is 3.12. The molecular formula is C16H16F2N4O2. The van der Waals surface area contributed by atoms with Crippen molar-refractivity contribution < 1.29 is 18.4 Å². The molecule has 1 unspecified atom stereocenters. The molecule has 1 fully saturated rings. The fourth-order valence-corrected chi connectivity index (χ4v) is 2.81. The standard InChI is InChI=1S/C16H16F2N4O2/c1-8-14(16(24)19-2)21-15(20-8)9-5-13(23)22(7-9)10-3-4-11(17)12(18)6-10/h3-4,6,9H,5,7H2,1-2H3,(H,19,24)(H,20,21). The molecule has 2 amide bonds. The predicted octanol–water partition coefficient (Wildman–Crippen LogP) is 1.88. The second-order valence-corrected chi connectivity index (χ2v) is 5.68. The maximum Gasteiger partial charge on any atom is 0.271 e. The van der Waals surface area contributed by atoms with Gasteiger partial charge in [0, 0.05) is 43.4 Å². The Hall–Kier alpha value is -2.77. The minimum atomic E-state index is -1.00. The quantitative estimate of drug-likeness (QED) is 0.899. The number of rotatable bonds is 3. The van der Waals surface area contributed by atoms with E-state index in [2.05, 4.69) is 15.3 Å². The van der Waals surface area contributed by atoms with Gasteiger partial charge < -0.3 is 15.2 Å². The summed E-state index contributed by atoms with van der Waals surface area (Å²) >= 11 is 0. The first kappa shape index (κ1) is 16.1. The lowest BCUT2D eigenvalue weighted by atomic mass is 10.1. The minimum absolute atomic E-state index is 0.180. The summed E-state index contributed by atoms with van der Waals surface area (Å²) in [5.74, 6) is -2.19. The Kier molecular flexibility index (Phi) is 4.04. The first-order valence-corrected chi connectivity index (χ1v) is 7.44. The topological polar surface area (TPSA) is 78.1 Å². The fourth-order valence-electron chi connectivity index (χ4n) is 2.81. The van der Waals surface area contributed by atoms with Crippen LogP contribution in [0.5, 0.6) is 0 Å². The average molecular weight is 334 g/mol. The highest BCUT2D eigenvalue weighted by Crippen LogP contribution is 2.31. The number of anilines is 1. The monoisotopic (exact) mass is 334 g/mol. The molecule has 1 aliphatic heterocycles. The van der Waals surface area contributed by atoms with Gasteiger partial charge in [0.25, 0.3) is 5.91 Å². The molecule has 1 atom stereocenters. The summed E-state index contributed by atoms with van der Waals surface area (Å²) in [6, 6.07) is 3.35. The van der Waals surface area contributed by atoms with E-state index in [0.29, 0.717) is 17.2 Å². The van der Waals surface area contributed by atoms with Gasteiger partial charge in [-0.2, -0.15) is 0 Å². The number of carbonyl (C=O) groups is 2. The molecule has 1 aliphatic rings. The fraction of sp³-hybridized carbons (Fsp3) is 0.312. The van der Waals surface area contributed by atoms with Crippen molar-refractivity contribution in [1.29, 1.82) is 0 Å².